The maximum Gasteiger partial charge on any atom is 0.245 e. The van der Waals surface area contributed by atoms with Gasteiger partial charge < -0.3 is 59.5 Å². The number of benzene rings is 2. The van der Waals surface area contributed by atoms with Gasteiger partial charge in [0, 0.05) is 12.8 Å². The zero-order chi connectivity index (χ0) is 46.4. The number of thioether (sulfide) groups is 1. The van der Waals surface area contributed by atoms with Crippen LogP contribution in [0.15, 0.2) is 60.7 Å². The monoisotopic (exact) mass is 884 g/mol. The van der Waals surface area contributed by atoms with Crippen LogP contribution in [-0.4, -0.2) is 126 Å². The number of nitrogens with one attached hydrogen (secondary N) is 7. The van der Waals surface area contributed by atoms with Crippen molar-refractivity contribution in [2.75, 3.05) is 25.2 Å². The van der Waals surface area contributed by atoms with E-state index in [1.807, 2.05) is 6.26 Å². The summed E-state index contributed by atoms with van der Waals surface area (Å²) in [6.45, 7) is 3.48. The van der Waals surface area contributed by atoms with Crippen LogP contribution in [0.5, 0.6) is 0 Å². The lowest BCUT2D eigenvalue weighted by Crippen LogP contribution is -2.60. The number of carbonyl (C=O) groups is 9. The van der Waals surface area contributed by atoms with Crippen LogP contribution in [0.2, 0.25) is 0 Å². The Labute approximate surface area is 364 Å². The highest BCUT2D eigenvalue weighted by Gasteiger charge is 2.33. The van der Waals surface area contributed by atoms with Crippen molar-refractivity contribution in [3.05, 3.63) is 71.8 Å². The molecule has 2 aromatic rings. The minimum Gasteiger partial charge on any atom is -0.394 e. The molecule has 9 amide bonds. The predicted molar refractivity (Wildman–Crippen MR) is 231 cm³/mol. The summed E-state index contributed by atoms with van der Waals surface area (Å²) < 4.78 is 0. The molecular formula is C41H60N10O10S. The Balaban J connectivity index is 2.15. The van der Waals surface area contributed by atoms with Gasteiger partial charge in [0.1, 0.15) is 42.3 Å². The molecule has 0 radical (unpaired) electrons. The highest BCUT2D eigenvalue weighted by Crippen LogP contribution is 2.10. The third kappa shape index (κ3) is 18.7. The standard InChI is InChI=1S/C41H60N10O10S/c1-23(2)17-29(38(58)47-27(15-16-62-4)37(57)48-28(35(44)55)18-25-11-7-5-8-12-25)49-36(56)24(3)45-41(61)32(22-52)51-40(60)31(20-33(43)53)50-39(59)30(46-34(54)21-42)19-26-13-9-6-10-14-26/h5-14,23-24,27-32,52H,15-22,42H2,1-4H3,(H2,43,53)(H2,44,55)(H,45,61)(H,46,54)(H,47,58)(H,48,57)(H,49,56)(H,50,59)(H,51,60). The third-order valence-corrected chi connectivity index (χ3v) is 9.90. The molecule has 0 fully saturated rings. The van der Waals surface area contributed by atoms with Gasteiger partial charge in [-0.1, -0.05) is 74.5 Å². The van der Waals surface area contributed by atoms with Crippen LogP contribution in [0.1, 0.15) is 51.2 Å². The third-order valence-electron chi connectivity index (χ3n) is 9.25. The topological polar surface area (TPSA) is 336 Å². The lowest BCUT2D eigenvalue weighted by Gasteiger charge is -2.27. The van der Waals surface area contributed by atoms with Crippen LogP contribution in [-0.2, 0) is 56.0 Å². The largest absolute Gasteiger partial charge is 0.394 e. The molecule has 340 valence electrons. The van der Waals surface area contributed by atoms with Crippen molar-refractivity contribution >= 4 is 64.9 Å². The SMILES string of the molecule is CSCCC(NC(=O)C(CC(C)C)NC(=O)C(C)NC(=O)C(CO)NC(=O)C(CC(N)=O)NC(=O)C(Cc1ccccc1)NC(=O)CN)C(=O)NC(Cc1ccccc1)C(N)=O. The smallest absolute Gasteiger partial charge is 0.245 e. The summed E-state index contributed by atoms with van der Waals surface area (Å²) in [5.74, 6) is -7.30. The van der Waals surface area contributed by atoms with Crippen molar-refractivity contribution < 1.29 is 48.3 Å². The van der Waals surface area contributed by atoms with Crippen LogP contribution >= 0.6 is 11.8 Å². The second kappa shape index (κ2) is 27.0. The van der Waals surface area contributed by atoms with E-state index in [0.717, 1.165) is 5.56 Å². The Morgan fingerprint density at radius 2 is 1.03 bits per heavy atom. The van der Waals surface area contributed by atoms with Gasteiger partial charge in [0.15, 0.2) is 0 Å². The van der Waals surface area contributed by atoms with Crippen LogP contribution in [0.4, 0.5) is 0 Å². The number of hydrogen-bond donors (Lipinski definition) is 11. The maximum absolute atomic E-state index is 13.7. The summed E-state index contributed by atoms with van der Waals surface area (Å²) >= 11 is 1.43. The molecule has 14 N–H and O–H groups in total. The summed E-state index contributed by atoms with van der Waals surface area (Å²) in [5.41, 5.74) is 17.8. The zero-order valence-corrected chi connectivity index (χ0v) is 36.1. The van der Waals surface area contributed by atoms with Crippen molar-refractivity contribution in [2.45, 2.75) is 95.2 Å². The van der Waals surface area contributed by atoms with Gasteiger partial charge in [-0.25, -0.2) is 0 Å². The van der Waals surface area contributed by atoms with E-state index < -0.39 is 115 Å². The molecule has 7 unspecified atom stereocenters. The molecule has 0 aliphatic carbocycles. The number of carbonyl (C=O) groups excluding carboxylic acids is 9. The first-order valence-electron chi connectivity index (χ1n) is 20.0. The van der Waals surface area contributed by atoms with Gasteiger partial charge in [0.2, 0.25) is 53.2 Å². The molecule has 0 saturated carbocycles. The molecule has 2 rings (SSSR count). The van der Waals surface area contributed by atoms with E-state index in [1.54, 1.807) is 74.5 Å². The Hall–Kier alpha value is -6.06. The average molecular weight is 885 g/mol. The molecule has 20 nitrogen and oxygen atoms in total. The first-order valence-corrected chi connectivity index (χ1v) is 21.3. The molecule has 0 aliphatic heterocycles. The summed E-state index contributed by atoms with van der Waals surface area (Å²) in [6, 6.07) is 8.23. The number of primary amides is 2. The summed E-state index contributed by atoms with van der Waals surface area (Å²) in [6.07, 6.45) is 1.51. The fourth-order valence-corrected chi connectivity index (χ4v) is 6.43. The van der Waals surface area contributed by atoms with Gasteiger partial charge in [-0.15, -0.1) is 0 Å². The Kier molecular flexibility index (Phi) is 22.7. The molecule has 2 aromatic carbocycles. The van der Waals surface area contributed by atoms with E-state index in [9.17, 15) is 48.3 Å². The van der Waals surface area contributed by atoms with Gasteiger partial charge in [0.05, 0.1) is 19.6 Å². The highest BCUT2D eigenvalue weighted by molar-refractivity contribution is 7.98. The Morgan fingerprint density at radius 1 is 0.581 bits per heavy atom. The lowest BCUT2D eigenvalue weighted by atomic mass is 10.0. The molecule has 0 aliphatic rings. The van der Waals surface area contributed by atoms with Crippen LogP contribution in [0.25, 0.3) is 0 Å². The minimum absolute atomic E-state index is 0.00880. The van der Waals surface area contributed by atoms with Crippen molar-refractivity contribution in [1.29, 1.82) is 0 Å². The van der Waals surface area contributed by atoms with E-state index in [2.05, 4.69) is 37.2 Å². The van der Waals surface area contributed by atoms with Crippen molar-refractivity contribution in [3.63, 3.8) is 0 Å². The Bertz CT molecular complexity index is 1840. The number of aliphatic hydroxyl groups excluding tert-OH is 1. The zero-order valence-electron chi connectivity index (χ0n) is 35.3. The van der Waals surface area contributed by atoms with Gasteiger partial charge in [-0.3, -0.25) is 43.2 Å². The number of amides is 9. The number of nitrogens with two attached hydrogens (primary N) is 3. The maximum atomic E-state index is 13.7. The van der Waals surface area contributed by atoms with Gasteiger partial charge in [-0.2, -0.15) is 11.8 Å². The normalized spacial score (nSPS) is 14.3. The second-order valence-corrected chi connectivity index (χ2v) is 15.9. The first kappa shape index (κ1) is 52.1. The van der Waals surface area contributed by atoms with Gasteiger partial charge in [-0.05, 0) is 48.8 Å². The van der Waals surface area contributed by atoms with E-state index in [4.69, 9.17) is 17.2 Å². The second-order valence-electron chi connectivity index (χ2n) is 14.9. The molecule has 0 heterocycles. The predicted octanol–water partition coefficient (Wildman–Crippen LogP) is -3.00. The average Bonchev–Trinajstić information content (AvgIpc) is 3.23. The van der Waals surface area contributed by atoms with Crippen molar-refractivity contribution in [2.24, 2.45) is 23.1 Å². The van der Waals surface area contributed by atoms with Gasteiger partial charge >= 0.3 is 0 Å². The number of aliphatic hydroxyl groups is 1. The number of rotatable bonds is 27. The van der Waals surface area contributed by atoms with Crippen LogP contribution in [0.3, 0.4) is 0 Å². The molecule has 0 saturated heterocycles. The molecule has 0 spiro atoms. The molecule has 0 bridgehead atoms. The van der Waals surface area contributed by atoms with E-state index >= 15 is 0 Å². The fraction of sp³-hybridized carbons (Fsp3) is 0.488. The summed E-state index contributed by atoms with van der Waals surface area (Å²) in [4.78, 5) is 117. The Morgan fingerprint density at radius 3 is 1.53 bits per heavy atom. The van der Waals surface area contributed by atoms with E-state index in [0.29, 0.717) is 11.3 Å². The molecule has 7 atom stereocenters. The van der Waals surface area contributed by atoms with Crippen LogP contribution in [0, 0.1) is 5.92 Å². The molecular weight excluding hydrogens is 825 g/mol. The fourth-order valence-electron chi connectivity index (χ4n) is 5.96. The number of hydrogen-bond acceptors (Lipinski definition) is 12. The van der Waals surface area contributed by atoms with Gasteiger partial charge in [0.25, 0.3) is 0 Å². The van der Waals surface area contributed by atoms with Crippen molar-refractivity contribution in [1.82, 2.24) is 37.2 Å². The molecule has 0 aromatic heterocycles. The summed E-state index contributed by atoms with van der Waals surface area (Å²) in [7, 11) is 0. The molecule has 21 heteroatoms. The first-order chi connectivity index (χ1) is 29.4. The highest BCUT2D eigenvalue weighted by atomic mass is 32.2. The van der Waals surface area contributed by atoms with E-state index in [1.165, 1.54) is 18.7 Å². The van der Waals surface area contributed by atoms with Crippen molar-refractivity contribution in [3.8, 4) is 0 Å². The van der Waals surface area contributed by atoms with Crippen LogP contribution < -0.4 is 54.4 Å². The molecule has 62 heavy (non-hydrogen) atoms. The van der Waals surface area contributed by atoms with E-state index in [-0.39, 0.29) is 31.6 Å². The quantitative estimate of drug-likeness (QED) is 0.0428. The summed E-state index contributed by atoms with van der Waals surface area (Å²) in [5, 5.41) is 27.4. The minimum atomic E-state index is -1.70. The lowest BCUT2D eigenvalue weighted by molar-refractivity contribution is -0.136.